The number of hydrogen-bond donors (Lipinski definition) is 0. The van der Waals surface area contributed by atoms with E-state index in [0.717, 1.165) is 13.1 Å². The number of rotatable bonds is 9. The van der Waals surface area contributed by atoms with E-state index in [1.165, 1.54) is 76.7 Å². The maximum atomic E-state index is 7.32. The van der Waals surface area contributed by atoms with Crippen LogP contribution in [0.2, 0.25) is 0 Å². The molecule has 0 atom stereocenters. The zero-order valence-electron chi connectivity index (χ0n) is 21.8. The largest absolute Gasteiger partial charge is 0.297 e. The third-order valence-electron chi connectivity index (χ3n) is 7.76. The van der Waals surface area contributed by atoms with E-state index in [9.17, 15) is 0 Å². The van der Waals surface area contributed by atoms with Crippen LogP contribution in [-0.4, -0.2) is 17.5 Å². The molecule has 2 nitrogen and oxygen atoms in total. The van der Waals surface area contributed by atoms with Crippen LogP contribution in [0.1, 0.15) is 101 Å². The highest BCUT2D eigenvalue weighted by molar-refractivity contribution is 9.10. The molecule has 4 rings (SSSR count). The molecule has 2 aliphatic rings. The first-order valence-electron chi connectivity index (χ1n) is 13.4. The Kier molecular flexibility index (Phi) is 10.9. The molecule has 4 heteroatoms. The summed E-state index contributed by atoms with van der Waals surface area (Å²) in [6.45, 7) is 8.28. The molecule has 35 heavy (non-hydrogen) atoms. The number of alkyl halides is 2. The van der Waals surface area contributed by atoms with Gasteiger partial charge in [0.05, 0.1) is 14.7 Å². The van der Waals surface area contributed by atoms with Crippen LogP contribution >= 0.6 is 31.9 Å². The zero-order valence-corrected chi connectivity index (χ0v) is 25.0. The van der Waals surface area contributed by atoms with Crippen LogP contribution in [0.25, 0.3) is 0 Å². The molecule has 0 aliphatic heterocycles. The summed E-state index contributed by atoms with van der Waals surface area (Å²) in [5, 5.41) is 7.32. The number of nitrogens with zero attached hydrogens (tertiary/aromatic N) is 2. The van der Waals surface area contributed by atoms with Crippen molar-refractivity contribution in [2.45, 2.75) is 106 Å². The average Bonchev–Trinajstić information content (AvgIpc) is 3.49. The normalized spacial score (nSPS) is 18.3. The van der Waals surface area contributed by atoms with Gasteiger partial charge in [-0.3, -0.25) is 4.90 Å². The number of benzene rings is 2. The highest BCUT2D eigenvalue weighted by Crippen LogP contribution is 2.52. The maximum absolute atomic E-state index is 7.32. The lowest BCUT2D eigenvalue weighted by molar-refractivity contribution is 0.210. The van der Waals surface area contributed by atoms with E-state index >= 15 is 0 Å². The highest BCUT2D eigenvalue weighted by Gasteiger charge is 2.39. The first-order valence-corrected chi connectivity index (χ1v) is 15.0. The number of hydrogen-bond acceptors (Lipinski definition) is 2. The molecule has 0 bridgehead atoms. The molecule has 2 fully saturated rings. The maximum Gasteiger partial charge on any atom is 0.0587 e. The third-order valence-corrected chi connectivity index (χ3v) is 10.2. The van der Waals surface area contributed by atoms with Crippen LogP contribution in [0.3, 0.4) is 0 Å². The van der Waals surface area contributed by atoms with Gasteiger partial charge in [-0.15, -0.1) is 0 Å². The van der Waals surface area contributed by atoms with E-state index in [1.807, 2.05) is 0 Å². The van der Waals surface area contributed by atoms with Crippen LogP contribution in [0.15, 0.2) is 48.5 Å². The molecule has 190 valence electrons. The fourth-order valence-corrected chi connectivity index (χ4v) is 7.77. The van der Waals surface area contributed by atoms with Gasteiger partial charge in [-0.1, -0.05) is 106 Å². The molecule has 2 aromatic carbocycles. The van der Waals surface area contributed by atoms with Gasteiger partial charge in [0.15, 0.2) is 0 Å². The lowest BCUT2D eigenvalue weighted by Gasteiger charge is -2.32. The topological polar surface area (TPSA) is 27.0 Å². The van der Waals surface area contributed by atoms with E-state index in [4.69, 9.17) is 5.26 Å². The van der Waals surface area contributed by atoms with Crippen LogP contribution in [0, 0.1) is 11.3 Å². The molecular weight excluding hydrogens is 560 g/mol. The molecular formula is C31H42Br2N2. The molecule has 0 spiro atoms. The van der Waals surface area contributed by atoms with Crippen LogP contribution in [0.4, 0.5) is 0 Å². The van der Waals surface area contributed by atoms with Crippen molar-refractivity contribution in [2.75, 3.05) is 6.54 Å². The van der Waals surface area contributed by atoms with Gasteiger partial charge in [0.25, 0.3) is 0 Å². The minimum atomic E-state index is 0.183. The lowest BCUT2D eigenvalue weighted by Crippen LogP contribution is -2.32. The van der Waals surface area contributed by atoms with E-state index in [2.05, 4.69) is 99.1 Å². The molecule has 0 unspecified atom stereocenters. The summed E-state index contributed by atoms with van der Waals surface area (Å²) in [4.78, 5) is 2.64. The Bertz CT molecular complexity index is 911. The molecule has 0 aromatic heterocycles. The van der Waals surface area contributed by atoms with Crippen molar-refractivity contribution in [2.24, 2.45) is 0 Å². The third kappa shape index (κ3) is 7.43. The van der Waals surface area contributed by atoms with Crippen LogP contribution < -0.4 is 0 Å². The molecule has 0 heterocycles. The molecule has 0 N–H and O–H groups in total. The summed E-state index contributed by atoms with van der Waals surface area (Å²) in [6, 6.07) is 20.4. The second kappa shape index (κ2) is 13.4. The monoisotopic (exact) mass is 600 g/mol. The molecule has 2 aliphatic carbocycles. The molecule has 0 saturated heterocycles. The van der Waals surface area contributed by atoms with Crippen molar-refractivity contribution in [1.82, 2.24) is 4.90 Å². The fraction of sp³-hybridized carbons (Fsp3) is 0.581. The smallest absolute Gasteiger partial charge is 0.0587 e. The van der Waals surface area contributed by atoms with Gasteiger partial charge >= 0.3 is 0 Å². The Labute approximate surface area is 230 Å². The number of halogens is 2. The van der Waals surface area contributed by atoms with Crippen molar-refractivity contribution in [3.05, 3.63) is 70.8 Å². The summed E-state index contributed by atoms with van der Waals surface area (Å²) >= 11 is 8.46. The predicted octanol–water partition coefficient (Wildman–Crippen LogP) is 9.39. The first kappa shape index (κ1) is 28.4. The molecule has 0 amide bonds. The average molecular weight is 602 g/mol. The number of nitriles is 1. The Morgan fingerprint density at radius 1 is 0.857 bits per heavy atom. The summed E-state index contributed by atoms with van der Waals surface area (Å²) in [6.07, 6.45) is 12.8. The van der Waals surface area contributed by atoms with Crippen LogP contribution in [0.5, 0.6) is 0 Å². The highest BCUT2D eigenvalue weighted by atomic mass is 79.9. The lowest BCUT2D eigenvalue weighted by atomic mass is 9.83. The predicted molar refractivity (Wildman–Crippen MR) is 156 cm³/mol. The van der Waals surface area contributed by atoms with Gasteiger partial charge < -0.3 is 0 Å². The Morgan fingerprint density at radius 3 is 1.80 bits per heavy atom. The summed E-state index contributed by atoms with van der Waals surface area (Å²) < 4.78 is 0.365. The van der Waals surface area contributed by atoms with Crippen molar-refractivity contribution in [3.8, 4) is 6.07 Å². The van der Waals surface area contributed by atoms with Gasteiger partial charge in [0, 0.05) is 19.5 Å². The van der Waals surface area contributed by atoms with E-state index < -0.39 is 0 Å². The van der Waals surface area contributed by atoms with Gasteiger partial charge in [-0.05, 0) is 81.2 Å². The van der Waals surface area contributed by atoms with Gasteiger partial charge in [-0.25, -0.2) is 0 Å². The summed E-state index contributed by atoms with van der Waals surface area (Å²) in [5.74, 6) is 0. The Balaban J connectivity index is 0.00000108. The molecule has 2 aromatic rings. The van der Waals surface area contributed by atoms with Crippen molar-refractivity contribution >= 4 is 31.9 Å². The Hall–Kier alpha value is -1.15. The van der Waals surface area contributed by atoms with E-state index in [-0.39, 0.29) is 8.65 Å². The van der Waals surface area contributed by atoms with E-state index in [1.54, 1.807) is 22.8 Å². The van der Waals surface area contributed by atoms with Crippen molar-refractivity contribution in [3.63, 3.8) is 0 Å². The minimum absolute atomic E-state index is 0.183. The van der Waals surface area contributed by atoms with Gasteiger partial charge in [-0.2, -0.15) is 5.26 Å². The second-order valence-electron chi connectivity index (χ2n) is 10.6. The SMILES string of the molecule is CC#N.CC(C)N(CCCc1c(C2(Br)CCCC2)cccc1C1(Br)CCCC1)Cc1ccccc1. The van der Waals surface area contributed by atoms with Gasteiger partial charge in [0.1, 0.15) is 0 Å². The second-order valence-corrected chi connectivity index (χ2v) is 13.6. The van der Waals surface area contributed by atoms with Gasteiger partial charge in [0.2, 0.25) is 0 Å². The van der Waals surface area contributed by atoms with Crippen molar-refractivity contribution < 1.29 is 0 Å². The molecule has 2 saturated carbocycles. The standard InChI is InChI=1S/C29H39Br2N.C2H3N/c1-23(2)32(22-24-12-4-3-5-13-24)21-11-14-25-26(28(30)17-6-7-18-28)15-10-16-27(25)29(31)19-8-9-20-29;1-2-3/h3-5,10,12-13,15-16,23H,6-9,11,14,17-22H2,1-2H3;1H3. The minimum Gasteiger partial charge on any atom is -0.297 e. The Morgan fingerprint density at radius 2 is 1.34 bits per heavy atom. The van der Waals surface area contributed by atoms with E-state index in [0.29, 0.717) is 6.04 Å². The fourth-order valence-electron chi connectivity index (χ4n) is 5.90. The summed E-state index contributed by atoms with van der Waals surface area (Å²) in [5.41, 5.74) is 6.21. The summed E-state index contributed by atoms with van der Waals surface area (Å²) in [7, 11) is 0. The molecule has 0 radical (unpaired) electrons. The van der Waals surface area contributed by atoms with Crippen LogP contribution in [-0.2, 0) is 21.6 Å². The quantitative estimate of drug-likeness (QED) is 0.268. The van der Waals surface area contributed by atoms with Crippen molar-refractivity contribution in [1.29, 1.82) is 5.26 Å². The zero-order chi connectivity index (χ0) is 25.3. The first-order chi connectivity index (χ1) is 16.8.